The highest BCUT2D eigenvalue weighted by Crippen LogP contribution is 2.30. The van der Waals surface area contributed by atoms with Gasteiger partial charge in [-0.3, -0.25) is 4.79 Å². The van der Waals surface area contributed by atoms with Crippen LogP contribution in [0.15, 0.2) is 24.3 Å². The lowest BCUT2D eigenvalue weighted by atomic mass is 10.2. The molecule has 1 aromatic carbocycles. The fourth-order valence-electron chi connectivity index (χ4n) is 1.63. The van der Waals surface area contributed by atoms with Gasteiger partial charge < -0.3 is 10.6 Å². The van der Waals surface area contributed by atoms with Crippen molar-refractivity contribution in [2.45, 2.75) is 19.0 Å². The van der Waals surface area contributed by atoms with E-state index in [2.05, 4.69) is 10.6 Å². The second kappa shape index (κ2) is 5.50. The van der Waals surface area contributed by atoms with E-state index in [-0.39, 0.29) is 18.1 Å². The highest BCUT2D eigenvalue weighted by atomic mass is 19.4. The van der Waals surface area contributed by atoms with Gasteiger partial charge >= 0.3 is 6.18 Å². The Morgan fingerprint density at radius 3 is 2.68 bits per heavy atom. The van der Waals surface area contributed by atoms with Gasteiger partial charge in [0, 0.05) is 12.2 Å². The number of anilines is 1. The Morgan fingerprint density at radius 2 is 2.05 bits per heavy atom. The monoisotopic (exact) mass is 272 g/mol. The van der Waals surface area contributed by atoms with E-state index in [1.54, 1.807) is 0 Å². The first-order valence-electron chi connectivity index (χ1n) is 6.13. The van der Waals surface area contributed by atoms with Crippen molar-refractivity contribution >= 4 is 11.6 Å². The molecule has 2 rings (SSSR count). The number of hydrogen-bond acceptors (Lipinski definition) is 2. The molecule has 0 saturated heterocycles. The van der Waals surface area contributed by atoms with Crippen LogP contribution in [0.2, 0.25) is 0 Å². The van der Waals surface area contributed by atoms with Gasteiger partial charge in [-0.25, -0.2) is 0 Å². The van der Waals surface area contributed by atoms with Gasteiger partial charge in [0.1, 0.15) is 0 Å². The van der Waals surface area contributed by atoms with Crippen molar-refractivity contribution in [1.82, 2.24) is 5.32 Å². The molecule has 0 bridgehead atoms. The summed E-state index contributed by atoms with van der Waals surface area (Å²) >= 11 is 0. The van der Waals surface area contributed by atoms with Gasteiger partial charge in [0.25, 0.3) is 0 Å². The average molecular weight is 272 g/mol. The molecule has 104 valence electrons. The summed E-state index contributed by atoms with van der Waals surface area (Å²) in [7, 11) is 0. The van der Waals surface area contributed by atoms with Gasteiger partial charge in [0.05, 0.1) is 12.1 Å². The summed E-state index contributed by atoms with van der Waals surface area (Å²) in [4.78, 5) is 11.4. The van der Waals surface area contributed by atoms with Crippen LogP contribution in [0.1, 0.15) is 18.4 Å². The Labute approximate surface area is 109 Å². The van der Waals surface area contributed by atoms with Crippen LogP contribution in [0.25, 0.3) is 0 Å². The third kappa shape index (κ3) is 4.46. The van der Waals surface area contributed by atoms with Crippen LogP contribution in [0.5, 0.6) is 0 Å². The Morgan fingerprint density at radius 1 is 1.32 bits per heavy atom. The van der Waals surface area contributed by atoms with Crippen molar-refractivity contribution in [2.75, 3.05) is 18.4 Å². The van der Waals surface area contributed by atoms with Crippen molar-refractivity contribution in [3.05, 3.63) is 29.8 Å². The summed E-state index contributed by atoms with van der Waals surface area (Å²) < 4.78 is 37.4. The topological polar surface area (TPSA) is 41.1 Å². The summed E-state index contributed by atoms with van der Waals surface area (Å²) in [5.74, 6) is 0.377. The van der Waals surface area contributed by atoms with Crippen molar-refractivity contribution < 1.29 is 18.0 Å². The Kier molecular flexibility index (Phi) is 3.97. The fourth-order valence-corrected chi connectivity index (χ4v) is 1.63. The van der Waals surface area contributed by atoms with E-state index < -0.39 is 11.7 Å². The molecular formula is C13H15F3N2O. The van der Waals surface area contributed by atoms with Crippen LogP contribution in [-0.4, -0.2) is 19.0 Å². The first-order chi connectivity index (χ1) is 8.95. The molecule has 0 aliphatic heterocycles. The Bertz CT molecular complexity index is 455. The number of alkyl halides is 3. The van der Waals surface area contributed by atoms with E-state index in [1.165, 1.54) is 12.1 Å². The van der Waals surface area contributed by atoms with E-state index in [4.69, 9.17) is 0 Å². The molecule has 3 nitrogen and oxygen atoms in total. The Balaban J connectivity index is 1.83. The van der Waals surface area contributed by atoms with Gasteiger partial charge in [0.2, 0.25) is 5.91 Å². The molecule has 0 unspecified atom stereocenters. The minimum Gasteiger partial charge on any atom is -0.376 e. The molecule has 0 radical (unpaired) electrons. The Hall–Kier alpha value is -1.72. The van der Waals surface area contributed by atoms with Crippen molar-refractivity contribution in [2.24, 2.45) is 5.92 Å². The molecule has 1 aromatic rings. The fraction of sp³-hybridized carbons (Fsp3) is 0.462. The largest absolute Gasteiger partial charge is 0.416 e. The molecule has 2 N–H and O–H groups in total. The number of halogens is 3. The van der Waals surface area contributed by atoms with E-state index in [9.17, 15) is 18.0 Å². The van der Waals surface area contributed by atoms with Crippen LogP contribution in [0, 0.1) is 5.92 Å². The number of hydrogen-bond donors (Lipinski definition) is 2. The van der Waals surface area contributed by atoms with Gasteiger partial charge in [0.15, 0.2) is 0 Å². The third-order valence-electron chi connectivity index (χ3n) is 2.93. The molecule has 1 fully saturated rings. The molecule has 0 atom stereocenters. The van der Waals surface area contributed by atoms with E-state index in [1.807, 2.05) is 0 Å². The summed E-state index contributed by atoms with van der Waals surface area (Å²) in [5.41, 5.74) is -0.438. The zero-order valence-electron chi connectivity index (χ0n) is 10.3. The maximum atomic E-state index is 12.5. The maximum Gasteiger partial charge on any atom is 0.416 e. The van der Waals surface area contributed by atoms with Crippen LogP contribution in [0.4, 0.5) is 18.9 Å². The van der Waals surface area contributed by atoms with Gasteiger partial charge in [-0.1, -0.05) is 6.07 Å². The number of amides is 1. The van der Waals surface area contributed by atoms with Crippen LogP contribution in [-0.2, 0) is 11.0 Å². The lowest BCUT2D eigenvalue weighted by Gasteiger charge is -2.10. The lowest BCUT2D eigenvalue weighted by molar-refractivity contribution is -0.137. The molecular weight excluding hydrogens is 257 g/mol. The predicted molar refractivity (Wildman–Crippen MR) is 65.7 cm³/mol. The third-order valence-corrected chi connectivity index (χ3v) is 2.93. The predicted octanol–water partition coefficient (Wildman–Crippen LogP) is 2.64. The smallest absolute Gasteiger partial charge is 0.376 e. The quantitative estimate of drug-likeness (QED) is 0.865. The minimum absolute atomic E-state index is 0.0198. The number of benzene rings is 1. The van der Waals surface area contributed by atoms with E-state index in [0.29, 0.717) is 12.5 Å². The van der Waals surface area contributed by atoms with Gasteiger partial charge in [-0.2, -0.15) is 13.2 Å². The summed E-state index contributed by atoms with van der Waals surface area (Å²) in [6.45, 7) is 0.636. The maximum absolute atomic E-state index is 12.5. The normalized spacial score (nSPS) is 15.1. The summed E-state index contributed by atoms with van der Waals surface area (Å²) in [6, 6.07) is 4.81. The number of nitrogens with one attached hydrogen (secondary N) is 2. The van der Waals surface area contributed by atoms with Crippen LogP contribution in [0.3, 0.4) is 0 Å². The molecule has 6 heteroatoms. The second-order valence-electron chi connectivity index (χ2n) is 4.68. The van der Waals surface area contributed by atoms with Gasteiger partial charge in [-0.15, -0.1) is 0 Å². The standard InChI is InChI=1S/C13H15F3N2O/c14-13(15,16)10-2-1-3-11(6-10)17-8-12(19)18-7-9-4-5-9/h1-3,6,9,17H,4-5,7-8H2,(H,18,19). The summed E-state index contributed by atoms with van der Waals surface area (Å²) in [6.07, 6.45) is -2.09. The number of carbonyl (C=O) groups is 1. The zero-order chi connectivity index (χ0) is 13.9. The molecule has 0 heterocycles. The van der Waals surface area contributed by atoms with Crippen molar-refractivity contribution in [1.29, 1.82) is 0 Å². The van der Waals surface area contributed by atoms with Crippen molar-refractivity contribution in [3.63, 3.8) is 0 Å². The minimum atomic E-state index is -4.37. The highest BCUT2D eigenvalue weighted by molar-refractivity contribution is 5.80. The lowest BCUT2D eigenvalue weighted by Crippen LogP contribution is -2.31. The van der Waals surface area contributed by atoms with Gasteiger partial charge in [-0.05, 0) is 37.0 Å². The van der Waals surface area contributed by atoms with Crippen LogP contribution < -0.4 is 10.6 Å². The molecule has 0 aromatic heterocycles. The number of carbonyl (C=O) groups excluding carboxylic acids is 1. The average Bonchev–Trinajstić information content (AvgIpc) is 3.17. The first-order valence-corrected chi connectivity index (χ1v) is 6.13. The first kappa shape index (κ1) is 13.7. The molecule has 1 saturated carbocycles. The molecule has 19 heavy (non-hydrogen) atoms. The van der Waals surface area contributed by atoms with E-state index in [0.717, 1.165) is 25.0 Å². The van der Waals surface area contributed by atoms with Crippen LogP contribution >= 0.6 is 0 Å². The molecule has 1 amide bonds. The summed E-state index contributed by atoms with van der Waals surface area (Å²) in [5, 5.41) is 5.43. The highest BCUT2D eigenvalue weighted by Gasteiger charge is 2.30. The van der Waals surface area contributed by atoms with Crippen molar-refractivity contribution in [3.8, 4) is 0 Å². The number of rotatable bonds is 5. The van der Waals surface area contributed by atoms with E-state index >= 15 is 0 Å². The molecule has 1 aliphatic rings. The zero-order valence-corrected chi connectivity index (χ0v) is 10.3. The SMILES string of the molecule is O=C(CNc1cccc(C(F)(F)F)c1)NCC1CC1. The molecule has 1 aliphatic carbocycles. The second-order valence-corrected chi connectivity index (χ2v) is 4.68. The molecule has 0 spiro atoms.